The molecule has 0 radical (unpaired) electrons. The SMILES string of the molecule is CN(Cc1cc(C=CC(=O)O)cs1)C(=O)CC1CCCC1. The first-order valence-corrected chi connectivity index (χ1v) is 8.15. The summed E-state index contributed by atoms with van der Waals surface area (Å²) in [7, 11) is 1.84. The van der Waals surface area contributed by atoms with E-state index in [4.69, 9.17) is 5.11 Å². The molecule has 1 heterocycles. The molecule has 1 N–H and O–H groups in total. The van der Waals surface area contributed by atoms with Crippen LogP contribution in [0.4, 0.5) is 0 Å². The Labute approximate surface area is 129 Å². The highest BCUT2D eigenvalue weighted by Gasteiger charge is 2.20. The van der Waals surface area contributed by atoms with Crippen LogP contribution in [0.1, 0.15) is 42.5 Å². The van der Waals surface area contributed by atoms with Gasteiger partial charge in [-0.25, -0.2) is 4.79 Å². The summed E-state index contributed by atoms with van der Waals surface area (Å²) in [4.78, 5) is 25.5. The zero-order valence-corrected chi connectivity index (χ0v) is 13.1. The number of rotatable bonds is 6. The second kappa shape index (κ2) is 7.41. The largest absolute Gasteiger partial charge is 0.478 e. The van der Waals surface area contributed by atoms with Gasteiger partial charge in [-0.1, -0.05) is 12.8 Å². The highest BCUT2D eigenvalue weighted by molar-refractivity contribution is 7.10. The van der Waals surface area contributed by atoms with Crippen LogP contribution in [0.15, 0.2) is 17.5 Å². The van der Waals surface area contributed by atoms with E-state index in [2.05, 4.69) is 0 Å². The maximum atomic E-state index is 12.2. The summed E-state index contributed by atoms with van der Waals surface area (Å²) in [5.41, 5.74) is 0.869. The second-order valence-corrected chi connectivity index (χ2v) is 6.62. The lowest BCUT2D eigenvalue weighted by molar-refractivity contribution is -0.132. The Bertz CT molecular complexity index is 529. The first-order chi connectivity index (χ1) is 10.0. The number of carbonyl (C=O) groups excluding carboxylic acids is 1. The van der Waals surface area contributed by atoms with Gasteiger partial charge in [-0.05, 0) is 41.8 Å². The molecule has 21 heavy (non-hydrogen) atoms. The molecule has 0 atom stereocenters. The Morgan fingerprint density at radius 3 is 2.81 bits per heavy atom. The van der Waals surface area contributed by atoms with Crippen molar-refractivity contribution in [3.05, 3.63) is 28.0 Å². The highest BCUT2D eigenvalue weighted by atomic mass is 32.1. The normalized spacial score (nSPS) is 15.7. The van der Waals surface area contributed by atoms with Crippen LogP contribution < -0.4 is 0 Å². The number of carboxylic acid groups (broad SMARTS) is 1. The third-order valence-electron chi connectivity index (χ3n) is 3.85. The van der Waals surface area contributed by atoms with E-state index in [1.807, 2.05) is 18.5 Å². The molecule has 1 saturated carbocycles. The Balaban J connectivity index is 1.85. The molecule has 114 valence electrons. The summed E-state index contributed by atoms with van der Waals surface area (Å²) in [5.74, 6) is -0.179. The number of aliphatic carboxylic acids is 1. The van der Waals surface area contributed by atoms with Gasteiger partial charge in [0.2, 0.25) is 5.91 Å². The van der Waals surface area contributed by atoms with Crippen LogP contribution in [-0.4, -0.2) is 28.9 Å². The van der Waals surface area contributed by atoms with Gasteiger partial charge in [0.1, 0.15) is 0 Å². The number of thiophene rings is 1. The van der Waals surface area contributed by atoms with Crippen molar-refractivity contribution in [3.8, 4) is 0 Å². The minimum atomic E-state index is -0.952. The molecular weight excluding hydrogens is 286 g/mol. The third kappa shape index (κ3) is 5.01. The van der Waals surface area contributed by atoms with Crippen LogP contribution in [0.5, 0.6) is 0 Å². The van der Waals surface area contributed by atoms with Crippen LogP contribution in [0.25, 0.3) is 6.08 Å². The summed E-state index contributed by atoms with van der Waals surface area (Å²) in [5, 5.41) is 10.5. The molecule has 0 spiro atoms. The zero-order chi connectivity index (χ0) is 15.2. The fraction of sp³-hybridized carbons (Fsp3) is 0.500. The van der Waals surface area contributed by atoms with Crippen molar-refractivity contribution in [2.24, 2.45) is 5.92 Å². The number of hydrogen-bond acceptors (Lipinski definition) is 3. The molecule has 2 rings (SSSR count). The smallest absolute Gasteiger partial charge is 0.328 e. The molecule has 1 fully saturated rings. The lowest BCUT2D eigenvalue weighted by Gasteiger charge is -2.18. The van der Waals surface area contributed by atoms with E-state index in [1.165, 1.54) is 25.7 Å². The molecule has 1 aliphatic carbocycles. The molecule has 0 saturated heterocycles. The van der Waals surface area contributed by atoms with E-state index in [9.17, 15) is 9.59 Å². The van der Waals surface area contributed by atoms with Crippen molar-refractivity contribution < 1.29 is 14.7 Å². The number of carboxylic acids is 1. The van der Waals surface area contributed by atoms with Crippen molar-refractivity contribution in [1.29, 1.82) is 0 Å². The molecule has 0 bridgehead atoms. The molecule has 0 aliphatic heterocycles. The van der Waals surface area contributed by atoms with E-state index in [0.717, 1.165) is 16.5 Å². The lowest BCUT2D eigenvalue weighted by atomic mass is 10.0. The predicted molar refractivity (Wildman–Crippen MR) is 84.0 cm³/mol. The molecule has 1 aliphatic rings. The zero-order valence-electron chi connectivity index (χ0n) is 12.2. The van der Waals surface area contributed by atoms with E-state index in [0.29, 0.717) is 18.9 Å². The number of nitrogens with zero attached hydrogens (tertiary/aromatic N) is 1. The van der Waals surface area contributed by atoms with Crippen LogP contribution in [0, 0.1) is 5.92 Å². The molecule has 1 aromatic heterocycles. The molecule has 0 unspecified atom stereocenters. The maximum Gasteiger partial charge on any atom is 0.328 e. The molecular formula is C16H21NO3S. The van der Waals surface area contributed by atoms with Crippen molar-refractivity contribution >= 4 is 29.3 Å². The van der Waals surface area contributed by atoms with Gasteiger partial charge in [0, 0.05) is 24.4 Å². The van der Waals surface area contributed by atoms with E-state index in [1.54, 1.807) is 22.3 Å². The fourth-order valence-electron chi connectivity index (χ4n) is 2.67. The molecule has 0 aromatic carbocycles. The average Bonchev–Trinajstić information content (AvgIpc) is 3.08. The average molecular weight is 307 g/mol. The van der Waals surface area contributed by atoms with Gasteiger partial charge in [-0.2, -0.15) is 0 Å². The predicted octanol–water partition coefficient (Wildman–Crippen LogP) is 3.38. The van der Waals surface area contributed by atoms with Crippen molar-refractivity contribution in [3.63, 3.8) is 0 Å². The van der Waals surface area contributed by atoms with E-state index >= 15 is 0 Å². The Morgan fingerprint density at radius 2 is 2.14 bits per heavy atom. The number of hydrogen-bond donors (Lipinski definition) is 1. The van der Waals surface area contributed by atoms with Crippen LogP contribution in [0.3, 0.4) is 0 Å². The van der Waals surface area contributed by atoms with Crippen LogP contribution in [0.2, 0.25) is 0 Å². The minimum absolute atomic E-state index is 0.206. The van der Waals surface area contributed by atoms with Crippen molar-refractivity contribution in [2.75, 3.05) is 7.05 Å². The van der Waals surface area contributed by atoms with Crippen LogP contribution in [-0.2, 0) is 16.1 Å². The van der Waals surface area contributed by atoms with E-state index in [-0.39, 0.29) is 5.91 Å². The van der Waals surface area contributed by atoms with Gasteiger partial charge in [0.15, 0.2) is 0 Å². The van der Waals surface area contributed by atoms with Gasteiger partial charge >= 0.3 is 5.97 Å². The molecule has 1 aromatic rings. The van der Waals surface area contributed by atoms with Crippen LogP contribution >= 0.6 is 11.3 Å². The van der Waals surface area contributed by atoms with Crippen molar-refractivity contribution in [1.82, 2.24) is 4.90 Å². The standard InChI is InChI=1S/C16H21NO3S/c1-17(15(18)9-12-4-2-3-5-12)10-14-8-13(11-21-14)6-7-16(19)20/h6-8,11-12H,2-5,9-10H2,1H3,(H,19,20). The highest BCUT2D eigenvalue weighted by Crippen LogP contribution is 2.28. The Hall–Kier alpha value is -1.62. The van der Waals surface area contributed by atoms with Gasteiger partial charge in [0.05, 0.1) is 6.54 Å². The first-order valence-electron chi connectivity index (χ1n) is 7.27. The lowest BCUT2D eigenvalue weighted by Crippen LogP contribution is -2.27. The minimum Gasteiger partial charge on any atom is -0.478 e. The topological polar surface area (TPSA) is 57.6 Å². The van der Waals surface area contributed by atoms with Crippen molar-refractivity contribution in [2.45, 2.75) is 38.6 Å². The van der Waals surface area contributed by atoms with Gasteiger partial charge in [0.25, 0.3) is 0 Å². The molecule has 5 heteroatoms. The third-order valence-corrected chi connectivity index (χ3v) is 4.79. The summed E-state index contributed by atoms with van der Waals surface area (Å²) in [6.07, 6.45) is 8.24. The summed E-state index contributed by atoms with van der Waals surface area (Å²) < 4.78 is 0. The summed E-state index contributed by atoms with van der Waals surface area (Å²) in [6.45, 7) is 0.594. The van der Waals surface area contributed by atoms with Gasteiger partial charge in [-0.3, -0.25) is 4.79 Å². The Morgan fingerprint density at radius 1 is 1.43 bits per heavy atom. The maximum absolute atomic E-state index is 12.2. The Kier molecular flexibility index (Phi) is 5.56. The summed E-state index contributed by atoms with van der Waals surface area (Å²) in [6, 6.07) is 1.93. The fourth-order valence-corrected chi connectivity index (χ4v) is 3.58. The van der Waals surface area contributed by atoms with Gasteiger partial charge < -0.3 is 10.0 Å². The monoisotopic (exact) mass is 307 g/mol. The molecule has 4 nitrogen and oxygen atoms in total. The van der Waals surface area contributed by atoms with E-state index < -0.39 is 5.97 Å². The number of carbonyl (C=O) groups is 2. The molecule has 1 amide bonds. The number of amides is 1. The first kappa shape index (κ1) is 15.8. The van der Waals surface area contributed by atoms with Gasteiger partial charge in [-0.15, -0.1) is 11.3 Å². The quantitative estimate of drug-likeness (QED) is 0.820. The second-order valence-electron chi connectivity index (χ2n) is 5.62. The summed E-state index contributed by atoms with van der Waals surface area (Å²) >= 11 is 1.55.